The molecule has 0 spiro atoms. The van der Waals surface area contributed by atoms with E-state index in [1.165, 1.54) is 6.20 Å². The van der Waals surface area contributed by atoms with Crippen molar-refractivity contribution >= 4 is 15.8 Å². The van der Waals surface area contributed by atoms with Crippen molar-refractivity contribution in [1.82, 2.24) is 20.4 Å². The summed E-state index contributed by atoms with van der Waals surface area (Å²) in [6.07, 6.45) is 1.49. The molecule has 9 heteroatoms. The summed E-state index contributed by atoms with van der Waals surface area (Å²) in [4.78, 5) is 13.1. The number of aromatic carboxylic acids is 1. The molecule has 2 atom stereocenters. The van der Waals surface area contributed by atoms with Crippen LogP contribution in [-0.4, -0.2) is 71.3 Å². The number of nitrogens with one attached hydrogen (secondary N) is 2. The molecule has 3 heterocycles. The van der Waals surface area contributed by atoms with Gasteiger partial charge in [0.2, 0.25) is 0 Å². The molecule has 0 aromatic carbocycles. The van der Waals surface area contributed by atoms with E-state index >= 15 is 0 Å². The number of carbonyl (C=O) groups is 1. The first-order chi connectivity index (χ1) is 9.46. The van der Waals surface area contributed by atoms with Gasteiger partial charge in [-0.1, -0.05) is 0 Å². The van der Waals surface area contributed by atoms with Gasteiger partial charge in [0.15, 0.2) is 9.84 Å². The smallest absolute Gasteiger partial charge is 0.354 e. The van der Waals surface area contributed by atoms with Crippen LogP contribution in [0.1, 0.15) is 16.1 Å². The van der Waals surface area contributed by atoms with E-state index in [1.807, 2.05) is 4.90 Å². The molecule has 3 N–H and O–H groups in total. The molecule has 2 fully saturated rings. The summed E-state index contributed by atoms with van der Waals surface area (Å²) in [6, 6.07) is -0.153. The number of aromatic amines is 1. The van der Waals surface area contributed by atoms with Crippen LogP contribution in [0.5, 0.6) is 0 Å². The average Bonchev–Trinajstić information content (AvgIpc) is 2.92. The van der Waals surface area contributed by atoms with E-state index in [0.717, 1.165) is 0 Å². The number of rotatable bonds is 3. The van der Waals surface area contributed by atoms with Crippen LogP contribution in [0.4, 0.5) is 0 Å². The van der Waals surface area contributed by atoms with Crippen molar-refractivity contribution in [2.75, 3.05) is 24.6 Å². The summed E-state index contributed by atoms with van der Waals surface area (Å²) < 4.78 is 23.5. The molecule has 0 bridgehead atoms. The Labute approximate surface area is 116 Å². The lowest BCUT2D eigenvalue weighted by Gasteiger charge is -2.37. The van der Waals surface area contributed by atoms with Crippen molar-refractivity contribution < 1.29 is 18.3 Å². The fourth-order valence-corrected chi connectivity index (χ4v) is 4.96. The Hall–Kier alpha value is -1.45. The molecule has 2 aliphatic heterocycles. The van der Waals surface area contributed by atoms with E-state index in [1.54, 1.807) is 0 Å². The molecule has 1 aromatic rings. The maximum Gasteiger partial charge on any atom is 0.354 e. The van der Waals surface area contributed by atoms with E-state index in [0.29, 0.717) is 25.2 Å². The van der Waals surface area contributed by atoms with Crippen molar-refractivity contribution in [3.8, 4) is 0 Å². The summed E-state index contributed by atoms with van der Waals surface area (Å²) >= 11 is 0. The number of aromatic nitrogens is 2. The van der Waals surface area contributed by atoms with E-state index in [-0.39, 0.29) is 29.3 Å². The maximum atomic E-state index is 11.7. The van der Waals surface area contributed by atoms with Gasteiger partial charge in [0.05, 0.1) is 17.7 Å². The normalized spacial score (nSPS) is 29.2. The number of hydrogen-bond acceptors (Lipinski definition) is 6. The van der Waals surface area contributed by atoms with Crippen LogP contribution >= 0.6 is 0 Å². The van der Waals surface area contributed by atoms with Gasteiger partial charge >= 0.3 is 5.97 Å². The Morgan fingerprint density at radius 2 is 2.30 bits per heavy atom. The molecule has 2 saturated heterocycles. The summed E-state index contributed by atoms with van der Waals surface area (Å²) in [6.45, 7) is 1.80. The molecule has 20 heavy (non-hydrogen) atoms. The Bertz CT molecular complexity index is 626. The Balaban J connectivity index is 1.80. The predicted octanol–water partition coefficient (Wildman–Crippen LogP) is -1.32. The Kier molecular flexibility index (Phi) is 3.27. The highest BCUT2D eigenvalue weighted by Gasteiger charge is 2.42. The monoisotopic (exact) mass is 300 g/mol. The lowest BCUT2D eigenvalue weighted by molar-refractivity contribution is 0.0686. The molecule has 0 unspecified atom stereocenters. The minimum absolute atomic E-state index is 0.0612. The number of fused-ring (bicyclic) bond motifs is 1. The molecule has 0 amide bonds. The third kappa shape index (κ3) is 2.43. The highest BCUT2D eigenvalue weighted by Crippen LogP contribution is 2.23. The molecule has 8 nitrogen and oxygen atoms in total. The first-order valence-electron chi connectivity index (χ1n) is 6.40. The van der Waals surface area contributed by atoms with E-state index < -0.39 is 15.8 Å². The lowest BCUT2D eigenvalue weighted by atomic mass is 10.1. The van der Waals surface area contributed by atoms with Crippen molar-refractivity contribution in [2.45, 2.75) is 18.6 Å². The fourth-order valence-electron chi connectivity index (χ4n) is 2.97. The molecule has 110 valence electrons. The van der Waals surface area contributed by atoms with Crippen molar-refractivity contribution in [3.63, 3.8) is 0 Å². The van der Waals surface area contributed by atoms with Crippen LogP contribution in [-0.2, 0) is 16.4 Å². The van der Waals surface area contributed by atoms with Crippen LogP contribution in [0.15, 0.2) is 6.20 Å². The second kappa shape index (κ2) is 4.83. The third-order valence-corrected chi connectivity index (χ3v) is 5.62. The average molecular weight is 300 g/mol. The van der Waals surface area contributed by atoms with Crippen molar-refractivity contribution in [3.05, 3.63) is 17.5 Å². The van der Waals surface area contributed by atoms with Gasteiger partial charge in [0.25, 0.3) is 0 Å². The Morgan fingerprint density at radius 3 is 3.05 bits per heavy atom. The number of hydrogen-bond donors (Lipinski definition) is 3. The Morgan fingerprint density at radius 1 is 1.50 bits per heavy atom. The maximum absolute atomic E-state index is 11.7. The summed E-state index contributed by atoms with van der Waals surface area (Å²) in [5.74, 6) is -0.765. The van der Waals surface area contributed by atoms with Gasteiger partial charge in [-0.2, -0.15) is 5.10 Å². The molecule has 3 rings (SSSR count). The molecular weight excluding hydrogens is 284 g/mol. The van der Waals surface area contributed by atoms with Crippen LogP contribution in [0.3, 0.4) is 0 Å². The van der Waals surface area contributed by atoms with Gasteiger partial charge in [0, 0.05) is 37.3 Å². The molecular formula is C11H16N4O4S. The quantitative estimate of drug-likeness (QED) is 0.634. The molecule has 0 aliphatic carbocycles. The number of piperazine rings is 1. The molecule has 0 saturated carbocycles. The van der Waals surface area contributed by atoms with Crippen LogP contribution < -0.4 is 5.32 Å². The first kappa shape index (κ1) is 13.5. The summed E-state index contributed by atoms with van der Waals surface area (Å²) in [7, 11) is -3.01. The van der Waals surface area contributed by atoms with Crippen LogP contribution in [0.2, 0.25) is 0 Å². The topological polar surface area (TPSA) is 115 Å². The van der Waals surface area contributed by atoms with E-state index in [9.17, 15) is 13.2 Å². The highest BCUT2D eigenvalue weighted by molar-refractivity contribution is 7.91. The number of sulfone groups is 1. The fraction of sp³-hybridized carbons (Fsp3) is 0.636. The van der Waals surface area contributed by atoms with Gasteiger partial charge in [-0.15, -0.1) is 0 Å². The van der Waals surface area contributed by atoms with Gasteiger partial charge in [0.1, 0.15) is 5.69 Å². The predicted molar refractivity (Wildman–Crippen MR) is 70.2 cm³/mol. The van der Waals surface area contributed by atoms with Gasteiger partial charge in [-0.3, -0.25) is 10.00 Å². The molecule has 2 aliphatic rings. The minimum Gasteiger partial charge on any atom is -0.477 e. The van der Waals surface area contributed by atoms with Gasteiger partial charge in [-0.25, -0.2) is 13.2 Å². The lowest BCUT2D eigenvalue weighted by Crippen LogP contribution is -2.56. The van der Waals surface area contributed by atoms with E-state index in [4.69, 9.17) is 5.11 Å². The second-order valence-electron chi connectivity index (χ2n) is 5.25. The number of H-pyrrole nitrogens is 1. The van der Waals surface area contributed by atoms with E-state index in [2.05, 4.69) is 15.5 Å². The number of nitrogens with zero attached hydrogens (tertiary/aromatic N) is 2. The minimum atomic E-state index is -3.01. The summed E-state index contributed by atoms with van der Waals surface area (Å²) in [5, 5.41) is 18.5. The largest absolute Gasteiger partial charge is 0.477 e. The SMILES string of the molecule is O=C(O)c1[nH]ncc1CN1CCN[C@H]2CS(=O)(=O)C[C@H]21. The highest BCUT2D eigenvalue weighted by atomic mass is 32.2. The second-order valence-corrected chi connectivity index (χ2v) is 7.40. The third-order valence-electron chi connectivity index (χ3n) is 3.90. The molecule has 0 radical (unpaired) electrons. The zero-order chi connectivity index (χ0) is 14.3. The summed E-state index contributed by atoms with van der Waals surface area (Å²) in [5.41, 5.74) is 0.656. The number of carboxylic acid groups (broad SMARTS) is 1. The van der Waals surface area contributed by atoms with Crippen molar-refractivity contribution in [2.24, 2.45) is 0 Å². The zero-order valence-corrected chi connectivity index (χ0v) is 11.6. The van der Waals surface area contributed by atoms with Crippen molar-refractivity contribution in [1.29, 1.82) is 0 Å². The standard InChI is InChI=1S/C11H16N4O4S/c16-11(17)10-7(3-13-14-10)4-15-2-1-12-8-5-20(18,19)6-9(8)15/h3,8-9,12H,1-2,4-6H2,(H,13,14)(H,16,17)/t8-,9+/m0/s1. The molecule has 1 aromatic heterocycles. The zero-order valence-electron chi connectivity index (χ0n) is 10.7. The first-order valence-corrected chi connectivity index (χ1v) is 8.22. The number of carboxylic acids is 1. The van der Waals surface area contributed by atoms with Crippen LogP contribution in [0, 0.1) is 0 Å². The van der Waals surface area contributed by atoms with Gasteiger partial charge in [-0.05, 0) is 0 Å². The van der Waals surface area contributed by atoms with Gasteiger partial charge < -0.3 is 10.4 Å². The van der Waals surface area contributed by atoms with Crippen LogP contribution in [0.25, 0.3) is 0 Å².